The van der Waals surface area contributed by atoms with Gasteiger partial charge < -0.3 is 15.6 Å². The van der Waals surface area contributed by atoms with Crippen molar-refractivity contribution in [2.75, 3.05) is 13.1 Å². The Morgan fingerprint density at radius 1 is 1.39 bits per heavy atom. The van der Waals surface area contributed by atoms with Crippen LogP contribution in [0.5, 0.6) is 0 Å². The summed E-state index contributed by atoms with van der Waals surface area (Å²) in [6.07, 6.45) is 0.717. The highest BCUT2D eigenvalue weighted by atomic mass is 19.1. The summed E-state index contributed by atoms with van der Waals surface area (Å²) in [5.74, 6) is -0.671. The number of benzene rings is 1. The molecular weight excluding hydrogens is 297 g/mol. The molecule has 0 spiro atoms. The van der Waals surface area contributed by atoms with Crippen LogP contribution in [-0.2, 0) is 0 Å². The number of carbonyl (C=O) groups is 1. The van der Waals surface area contributed by atoms with Crippen LogP contribution in [0.3, 0.4) is 0 Å². The van der Waals surface area contributed by atoms with E-state index < -0.39 is 11.4 Å². The highest BCUT2D eigenvalue weighted by molar-refractivity contribution is 6.06. The molecule has 1 unspecified atom stereocenters. The van der Waals surface area contributed by atoms with E-state index in [0.29, 0.717) is 36.0 Å². The third-order valence-electron chi connectivity index (χ3n) is 4.63. The van der Waals surface area contributed by atoms with E-state index in [1.54, 1.807) is 4.90 Å². The number of halogens is 1. The van der Waals surface area contributed by atoms with Crippen molar-refractivity contribution in [2.45, 2.75) is 26.3 Å². The van der Waals surface area contributed by atoms with Gasteiger partial charge in [-0.3, -0.25) is 9.59 Å². The topological polar surface area (TPSA) is 79.2 Å². The van der Waals surface area contributed by atoms with Crippen LogP contribution in [0.4, 0.5) is 4.39 Å². The molecule has 0 bridgehead atoms. The van der Waals surface area contributed by atoms with Gasteiger partial charge in [0.15, 0.2) is 0 Å². The van der Waals surface area contributed by atoms with Gasteiger partial charge in [0.2, 0.25) is 5.56 Å². The lowest BCUT2D eigenvalue weighted by Crippen LogP contribution is -2.54. The van der Waals surface area contributed by atoms with E-state index >= 15 is 0 Å². The van der Waals surface area contributed by atoms with Gasteiger partial charge in [0, 0.05) is 30.6 Å². The lowest BCUT2D eigenvalue weighted by molar-refractivity contribution is 0.0534. The van der Waals surface area contributed by atoms with E-state index in [1.807, 2.05) is 13.8 Å². The third-order valence-corrected chi connectivity index (χ3v) is 4.63. The Balaban J connectivity index is 2.03. The number of piperidine rings is 1. The van der Waals surface area contributed by atoms with Crippen molar-refractivity contribution in [3.05, 3.63) is 46.0 Å². The fourth-order valence-electron chi connectivity index (χ4n) is 3.13. The standard InChI is InChI=1S/C17H20FN3O2/c1-17(2)9-21(6-5-14(17)19)16(23)12-8-15(22)20-13-7-10(18)3-4-11(12)13/h3-4,7-8,14H,5-6,9,19H2,1-2H3,(H,20,22). The van der Waals surface area contributed by atoms with Crippen LogP contribution in [-0.4, -0.2) is 34.9 Å². The minimum Gasteiger partial charge on any atom is -0.338 e. The quantitative estimate of drug-likeness (QED) is 0.842. The Labute approximate surface area is 133 Å². The van der Waals surface area contributed by atoms with E-state index in [9.17, 15) is 14.0 Å². The minimum atomic E-state index is -0.456. The molecule has 0 saturated carbocycles. The summed E-state index contributed by atoms with van der Waals surface area (Å²) in [5.41, 5.74) is 6.14. The highest BCUT2D eigenvalue weighted by Gasteiger charge is 2.36. The van der Waals surface area contributed by atoms with Gasteiger partial charge in [0.05, 0.1) is 11.1 Å². The van der Waals surface area contributed by atoms with Crippen molar-refractivity contribution in [2.24, 2.45) is 11.1 Å². The van der Waals surface area contributed by atoms with E-state index in [-0.39, 0.29) is 17.4 Å². The average molecular weight is 317 g/mol. The zero-order chi connectivity index (χ0) is 16.8. The van der Waals surface area contributed by atoms with Crippen molar-refractivity contribution in [3.8, 4) is 0 Å². The number of nitrogens with two attached hydrogens (primary N) is 1. The molecule has 1 atom stereocenters. The Bertz CT molecular complexity index is 828. The van der Waals surface area contributed by atoms with Crippen molar-refractivity contribution in [1.29, 1.82) is 0 Å². The first-order valence-corrected chi connectivity index (χ1v) is 7.65. The SMILES string of the molecule is CC1(C)CN(C(=O)c2cc(=O)[nH]c3cc(F)ccc23)CCC1N. The smallest absolute Gasteiger partial charge is 0.254 e. The zero-order valence-electron chi connectivity index (χ0n) is 13.2. The summed E-state index contributed by atoms with van der Waals surface area (Å²) in [6, 6.07) is 5.35. The molecule has 1 amide bonds. The molecule has 3 N–H and O–H groups in total. The fraction of sp³-hybridized carbons (Fsp3) is 0.412. The number of carbonyl (C=O) groups excluding carboxylic acids is 1. The second-order valence-corrected chi connectivity index (χ2v) is 6.85. The van der Waals surface area contributed by atoms with Gasteiger partial charge in [-0.25, -0.2) is 4.39 Å². The fourth-order valence-corrected chi connectivity index (χ4v) is 3.13. The summed E-state index contributed by atoms with van der Waals surface area (Å²) in [5, 5.41) is 0.545. The molecule has 23 heavy (non-hydrogen) atoms. The van der Waals surface area contributed by atoms with Crippen LogP contribution < -0.4 is 11.3 Å². The van der Waals surface area contributed by atoms with Gasteiger partial charge >= 0.3 is 0 Å². The number of fused-ring (bicyclic) bond motifs is 1. The molecule has 2 heterocycles. The second kappa shape index (κ2) is 5.45. The molecule has 122 valence electrons. The number of hydrogen-bond donors (Lipinski definition) is 2. The molecule has 1 aromatic heterocycles. The van der Waals surface area contributed by atoms with Crippen molar-refractivity contribution < 1.29 is 9.18 Å². The first-order valence-electron chi connectivity index (χ1n) is 7.65. The van der Waals surface area contributed by atoms with Gasteiger partial charge in [0.25, 0.3) is 5.91 Å². The molecular formula is C17H20FN3O2. The number of aromatic nitrogens is 1. The number of hydrogen-bond acceptors (Lipinski definition) is 3. The van der Waals surface area contributed by atoms with Crippen LogP contribution in [0.25, 0.3) is 10.9 Å². The summed E-state index contributed by atoms with van der Waals surface area (Å²) in [4.78, 5) is 29.0. The predicted molar refractivity (Wildman–Crippen MR) is 86.8 cm³/mol. The average Bonchev–Trinajstić information content (AvgIpc) is 2.48. The number of pyridine rings is 1. The van der Waals surface area contributed by atoms with Gasteiger partial charge in [-0.15, -0.1) is 0 Å². The van der Waals surface area contributed by atoms with Gasteiger partial charge in [0.1, 0.15) is 5.82 Å². The number of nitrogens with zero attached hydrogens (tertiary/aromatic N) is 1. The van der Waals surface area contributed by atoms with Gasteiger partial charge in [-0.2, -0.15) is 0 Å². The third kappa shape index (κ3) is 2.86. The maximum Gasteiger partial charge on any atom is 0.254 e. The van der Waals surface area contributed by atoms with E-state index in [4.69, 9.17) is 5.73 Å². The van der Waals surface area contributed by atoms with Crippen molar-refractivity contribution in [3.63, 3.8) is 0 Å². The molecule has 1 saturated heterocycles. The lowest BCUT2D eigenvalue weighted by atomic mass is 9.79. The van der Waals surface area contributed by atoms with Crippen LogP contribution in [0.2, 0.25) is 0 Å². The molecule has 3 rings (SSSR count). The molecule has 1 aliphatic rings. The van der Waals surface area contributed by atoms with Gasteiger partial charge in [-0.05, 0) is 30.0 Å². The first-order chi connectivity index (χ1) is 10.8. The Hall–Kier alpha value is -2.21. The maximum absolute atomic E-state index is 13.4. The van der Waals surface area contributed by atoms with E-state index in [0.717, 1.165) is 0 Å². The van der Waals surface area contributed by atoms with E-state index in [1.165, 1.54) is 24.3 Å². The summed E-state index contributed by atoms with van der Waals surface area (Å²) in [7, 11) is 0. The predicted octanol–water partition coefficient (Wildman–Crippen LogP) is 1.87. The molecule has 0 aliphatic carbocycles. The van der Waals surface area contributed by atoms with Crippen LogP contribution in [0.1, 0.15) is 30.6 Å². The number of rotatable bonds is 1. The molecule has 1 aliphatic heterocycles. The maximum atomic E-state index is 13.4. The summed E-state index contributed by atoms with van der Waals surface area (Å²) >= 11 is 0. The van der Waals surface area contributed by atoms with Gasteiger partial charge in [-0.1, -0.05) is 13.8 Å². The first kappa shape index (κ1) is 15.7. The summed E-state index contributed by atoms with van der Waals surface area (Å²) < 4.78 is 13.4. The van der Waals surface area contributed by atoms with Crippen LogP contribution >= 0.6 is 0 Å². The normalized spacial score (nSPS) is 20.7. The Kier molecular flexibility index (Phi) is 3.72. The molecule has 2 aromatic rings. The minimum absolute atomic E-state index is 0.0385. The zero-order valence-corrected chi connectivity index (χ0v) is 13.2. The lowest BCUT2D eigenvalue weighted by Gasteiger charge is -2.42. The molecule has 5 nitrogen and oxygen atoms in total. The molecule has 0 radical (unpaired) electrons. The van der Waals surface area contributed by atoms with Crippen LogP contribution in [0, 0.1) is 11.2 Å². The number of likely N-dealkylation sites (tertiary alicyclic amines) is 1. The summed E-state index contributed by atoms with van der Waals surface area (Å²) in [6.45, 7) is 5.15. The molecule has 6 heteroatoms. The second-order valence-electron chi connectivity index (χ2n) is 6.85. The largest absolute Gasteiger partial charge is 0.338 e. The molecule has 1 aromatic carbocycles. The van der Waals surface area contributed by atoms with E-state index in [2.05, 4.69) is 4.98 Å². The number of nitrogens with one attached hydrogen (secondary N) is 1. The van der Waals surface area contributed by atoms with Crippen molar-refractivity contribution >= 4 is 16.8 Å². The highest BCUT2D eigenvalue weighted by Crippen LogP contribution is 2.29. The number of amides is 1. The number of H-pyrrole nitrogens is 1. The van der Waals surface area contributed by atoms with Crippen molar-refractivity contribution in [1.82, 2.24) is 9.88 Å². The molecule has 1 fully saturated rings. The Morgan fingerprint density at radius 3 is 2.83 bits per heavy atom. The Morgan fingerprint density at radius 2 is 2.13 bits per heavy atom. The number of aromatic amines is 1. The monoisotopic (exact) mass is 317 g/mol. The van der Waals surface area contributed by atoms with Crippen LogP contribution in [0.15, 0.2) is 29.1 Å².